The Morgan fingerprint density at radius 1 is 0.933 bits per heavy atom. The van der Waals surface area contributed by atoms with Gasteiger partial charge in [0.05, 0.1) is 17.1 Å². The van der Waals surface area contributed by atoms with Crippen LogP contribution in [0.2, 0.25) is 0 Å². The first kappa shape index (κ1) is 23.9. The summed E-state index contributed by atoms with van der Waals surface area (Å²) < 4.78 is 33.1. The lowest BCUT2D eigenvalue weighted by Gasteiger charge is -2.22. The predicted octanol–water partition coefficient (Wildman–Crippen LogP) is 4.93. The molecule has 6 nitrogen and oxygen atoms in total. The predicted molar refractivity (Wildman–Crippen MR) is 121 cm³/mol. The van der Waals surface area contributed by atoms with Gasteiger partial charge in [-0.05, 0) is 56.2 Å². The number of carbonyl (C=O) groups is 1. The maximum atomic E-state index is 13.0. The standard InChI is InChI=1S/C23H32N2O4S/c1-4-7-17-25(18-8-5-2)30(27,28)20-15-13-19(14-16-20)24-23(26)21-11-9-10-12-22(21)29-6-3/h9-16H,4-8,17-18H2,1-3H3,(H,24,26). The van der Waals surface area contributed by atoms with Crippen LogP contribution in [0.4, 0.5) is 5.69 Å². The Labute approximate surface area is 180 Å². The third-order valence-electron chi connectivity index (χ3n) is 4.70. The van der Waals surface area contributed by atoms with Crippen molar-refractivity contribution in [2.45, 2.75) is 51.3 Å². The van der Waals surface area contributed by atoms with Crippen LogP contribution in [-0.2, 0) is 10.0 Å². The van der Waals surface area contributed by atoms with E-state index in [0.717, 1.165) is 25.7 Å². The Balaban J connectivity index is 2.16. The highest BCUT2D eigenvalue weighted by molar-refractivity contribution is 7.89. The summed E-state index contributed by atoms with van der Waals surface area (Å²) in [6, 6.07) is 13.3. The largest absolute Gasteiger partial charge is 0.493 e. The second-order valence-corrected chi connectivity index (χ2v) is 8.96. The van der Waals surface area contributed by atoms with Gasteiger partial charge in [-0.25, -0.2) is 8.42 Å². The van der Waals surface area contributed by atoms with Gasteiger partial charge in [-0.1, -0.05) is 38.8 Å². The van der Waals surface area contributed by atoms with Crippen LogP contribution in [0.15, 0.2) is 53.4 Å². The minimum atomic E-state index is -3.56. The first-order chi connectivity index (χ1) is 14.4. The van der Waals surface area contributed by atoms with E-state index >= 15 is 0 Å². The SMILES string of the molecule is CCCCN(CCCC)S(=O)(=O)c1ccc(NC(=O)c2ccccc2OCC)cc1. The molecule has 1 N–H and O–H groups in total. The molecule has 0 heterocycles. The number of sulfonamides is 1. The molecule has 2 rings (SSSR count). The number of anilines is 1. The molecule has 0 aliphatic heterocycles. The van der Waals surface area contributed by atoms with Gasteiger partial charge in [0.15, 0.2) is 0 Å². The van der Waals surface area contributed by atoms with Gasteiger partial charge in [0, 0.05) is 18.8 Å². The fourth-order valence-corrected chi connectivity index (χ4v) is 4.53. The average Bonchev–Trinajstić information content (AvgIpc) is 2.74. The molecule has 2 aromatic carbocycles. The third kappa shape index (κ3) is 6.31. The van der Waals surface area contributed by atoms with E-state index in [2.05, 4.69) is 5.32 Å². The van der Waals surface area contributed by atoms with E-state index in [0.29, 0.717) is 36.7 Å². The van der Waals surface area contributed by atoms with Crippen molar-refractivity contribution in [1.29, 1.82) is 0 Å². The molecule has 7 heteroatoms. The summed E-state index contributed by atoms with van der Waals surface area (Å²) in [5.74, 6) is 0.210. The van der Waals surface area contributed by atoms with Crippen molar-refractivity contribution in [3.8, 4) is 5.75 Å². The highest BCUT2D eigenvalue weighted by Gasteiger charge is 2.23. The van der Waals surface area contributed by atoms with Gasteiger partial charge in [0.25, 0.3) is 5.91 Å². The molecule has 0 spiro atoms. The number of para-hydroxylation sites is 1. The number of carbonyl (C=O) groups excluding carboxylic acids is 1. The minimum Gasteiger partial charge on any atom is -0.493 e. The Bertz CT molecular complexity index is 903. The first-order valence-corrected chi connectivity index (χ1v) is 12.0. The molecular formula is C23H32N2O4S. The van der Waals surface area contributed by atoms with Gasteiger partial charge in [-0.3, -0.25) is 4.79 Å². The zero-order valence-corrected chi connectivity index (χ0v) is 18.9. The van der Waals surface area contributed by atoms with Crippen molar-refractivity contribution in [2.75, 3.05) is 25.0 Å². The number of amides is 1. The number of benzene rings is 2. The highest BCUT2D eigenvalue weighted by atomic mass is 32.2. The molecule has 164 valence electrons. The van der Waals surface area contributed by atoms with Crippen molar-refractivity contribution in [2.24, 2.45) is 0 Å². The molecule has 0 aliphatic carbocycles. The number of ether oxygens (including phenoxy) is 1. The molecule has 0 aliphatic rings. The van der Waals surface area contributed by atoms with E-state index < -0.39 is 10.0 Å². The Hall–Kier alpha value is -2.38. The lowest BCUT2D eigenvalue weighted by atomic mass is 10.2. The van der Waals surface area contributed by atoms with Gasteiger partial charge < -0.3 is 10.1 Å². The van der Waals surface area contributed by atoms with Crippen LogP contribution in [0.25, 0.3) is 0 Å². The van der Waals surface area contributed by atoms with Crippen LogP contribution in [0.5, 0.6) is 5.75 Å². The van der Waals surface area contributed by atoms with Crippen LogP contribution in [0.3, 0.4) is 0 Å². The molecule has 30 heavy (non-hydrogen) atoms. The van der Waals surface area contributed by atoms with Crippen LogP contribution in [0, 0.1) is 0 Å². The van der Waals surface area contributed by atoms with Crippen LogP contribution in [-0.4, -0.2) is 38.3 Å². The molecule has 0 radical (unpaired) electrons. The van der Waals surface area contributed by atoms with Gasteiger partial charge >= 0.3 is 0 Å². The van der Waals surface area contributed by atoms with Gasteiger partial charge in [0.1, 0.15) is 5.75 Å². The minimum absolute atomic E-state index is 0.238. The zero-order valence-electron chi connectivity index (χ0n) is 18.1. The van der Waals surface area contributed by atoms with E-state index in [-0.39, 0.29) is 10.8 Å². The molecule has 0 unspecified atom stereocenters. The summed E-state index contributed by atoms with van der Waals surface area (Å²) >= 11 is 0. The van der Waals surface area contributed by atoms with E-state index in [1.165, 1.54) is 0 Å². The van der Waals surface area contributed by atoms with Crippen LogP contribution in [0.1, 0.15) is 56.8 Å². The Kier molecular flexibility index (Phi) is 9.33. The smallest absolute Gasteiger partial charge is 0.259 e. The van der Waals surface area contributed by atoms with E-state index in [1.54, 1.807) is 46.8 Å². The van der Waals surface area contributed by atoms with E-state index in [1.807, 2.05) is 26.8 Å². The molecule has 0 bridgehead atoms. The fraction of sp³-hybridized carbons (Fsp3) is 0.435. The van der Waals surface area contributed by atoms with Gasteiger partial charge in [-0.15, -0.1) is 0 Å². The van der Waals surface area contributed by atoms with E-state index in [9.17, 15) is 13.2 Å². The van der Waals surface area contributed by atoms with Crippen molar-refractivity contribution in [3.05, 3.63) is 54.1 Å². The number of rotatable bonds is 12. The second-order valence-electron chi connectivity index (χ2n) is 7.02. The van der Waals surface area contributed by atoms with Crippen molar-refractivity contribution >= 4 is 21.6 Å². The molecule has 0 aromatic heterocycles. The van der Waals surface area contributed by atoms with Crippen LogP contribution >= 0.6 is 0 Å². The normalized spacial score (nSPS) is 11.5. The summed E-state index contributed by atoms with van der Waals surface area (Å²) in [4.78, 5) is 12.9. The number of hydrogen-bond acceptors (Lipinski definition) is 4. The maximum absolute atomic E-state index is 13.0. The summed E-state index contributed by atoms with van der Waals surface area (Å²) in [5, 5.41) is 2.81. The Morgan fingerprint density at radius 3 is 2.10 bits per heavy atom. The topological polar surface area (TPSA) is 75.7 Å². The van der Waals surface area contributed by atoms with Gasteiger partial charge in [0.2, 0.25) is 10.0 Å². The molecule has 0 saturated carbocycles. The van der Waals surface area contributed by atoms with E-state index in [4.69, 9.17) is 4.74 Å². The fourth-order valence-electron chi connectivity index (χ4n) is 3.01. The number of hydrogen-bond donors (Lipinski definition) is 1. The second kappa shape index (κ2) is 11.7. The van der Waals surface area contributed by atoms with Crippen LogP contribution < -0.4 is 10.1 Å². The Morgan fingerprint density at radius 2 is 1.53 bits per heavy atom. The van der Waals surface area contributed by atoms with Crippen molar-refractivity contribution in [1.82, 2.24) is 4.31 Å². The first-order valence-electron chi connectivity index (χ1n) is 10.6. The quantitative estimate of drug-likeness (QED) is 0.516. The molecular weight excluding hydrogens is 400 g/mol. The lowest BCUT2D eigenvalue weighted by Crippen LogP contribution is -2.33. The zero-order chi connectivity index (χ0) is 22.0. The highest BCUT2D eigenvalue weighted by Crippen LogP contribution is 2.22. The number of nitrogens with zero attached hydrogens (tertiary/aromatic N) is 1. The summed E-state index contributed by atoms with van der Waals surface area (Å²) in [5.41, 5.74) is 0.959. The number of unbranched alkanes of at least 4 members (excludes halogenated alkanes) is 2. The molecule has 0 fully saturated rings. The monoisotopic (exact) mass is 432 g/mol. The number of nitrogens with one attached hydrogen (secondary N) is 1. The maximum Gasteiger partial charge on any atom is 0.259 e. The third-order valence-corrected chi connectivity index (χ3v) is 6.62. The molecule has 2 aromatic rings. The molecule has 0 atom stereocenters. The van der Waals surface area contributed by atoms with Crippen molar-refractivity contribution < 1.29 is 17.9 Å². The molecule has 1 amide bonds. The van der Waals surface area contributed by atoms with Gasteiger partial charge in [-0.2, -0.15) is 4.31 Å². The summed E-state index contributed by atoms with van der Waals surface area (Å²) in [6.45, 7) is 7.45. The molecule has 0 saturated heterocycles. The lowest BCUT2D eigenvalue weighted by molar-refractivity contribution is 0.102. The summed E-state index contributed by atoms with van der Waals surface area (Å²) in [6.07, 6.45) is 3.53. The van der Waals surface area contributed by atoms with Crippen molar-refractivity contribution in [3.63, 3.8) is 0 Å². The summed E-state index contributed by atoms with van der Waals surface area (Å²) in [7, 11) is -3.56. The average molecular weight is 433 g/mol.